The number of cyclic esters (lactones) is 1. The molecule has 1 heterocycles. The highest BCUT2D eigenvalue weighted by Gasteiger charge is 2.33. The van der Waals surface area contributed by atoms with Gasteiger partial charge in [-0.2, -0.15) is 0 Å². The van der Waals surface area contributed by atoms with Crippen LogP contribution in [0, 0.1) is 12.3 Å². The third kappa shape index (κ3) is 3.63. The molecular weight excluding hydrogens is 328 g/mol. The second-order valence-corrected chi connectivity index (χ2v) is 7.31. The molecule has 0 saturated heterocycles. The predicted molar refractivity (Wildman–Crippen MR) is 89.1 cm³/mol. The Hall–Kier alpha value is -2.65. The van der Waals surface area contributed by atoms with Crippen molar-refractivity contribution in [2.45, 2.75) is 24.3 Å². The Kier molecular flexibility index (Phi) is 5.05. The van der Waals surface area contributed by atoms with Crippen molar-refractivity contribution in [3.05, 3.63) is 53.1 Å². The summed E-state index contributed by atoms with van der Waals surface area (Å²) in [5.74, 6) is 1.41. The van der Waals surface area contributed by atoms with Crippen LogP contribution in [0.1, 0.15) is 23.7 Å². The zero-order valence-corrected chi connectivity index (χ0v) is 14.1. The number of ether oxygens (including phenoxy) is 1. The van der Waals surface area contributed by atoms with E-state index in [4.69, 9.17) is 11.2 Å². The number of benzene rings is 1. The zero-order chi connectivity index (χ0) is 17.9. The van der Waals surface area contributed by atoms with Crippen LogP contribution in [-0.4, -0.2) is 32.5 Å². The van der Waals surface area contributed by atoms with Gasteiger partial charge in [0.25, 0.3) is 0 Å². The number of carbonyl (C=O) groups is 2. The molecule has 1 aromatic rings. The first-order valence-electron chi connectivity index (χ1n) is 7.15. The highest BCUT2D eigenvalue weighted by molar-refractivity contribution is 7.90. The smallest absolute Gasteiger partial charge is 0.347 e. The molecule has 1 aliphatic heterocycles. The topological polar surface area (TPSA) is 77.5 Å². The summed E-state index contributed by atoms with van der Waals surface area (Å²) in [6.07, 6.45) is 8.99. The number of Topliss-reactive ketones (excluding diaryl/α,β-unsaturated/α-hetero) is 1. The molecule has 0 saturated carbocycles. The molecule has 0 bridgehead atoms. The van der Waals surface area contributed by atoms with Crippen molar-refractivity contribution < 1.29 is 22.7 Å². The number of esters is 1. The largest absolute Gasteiger partial charge is 0.453 e. The van der Waals surface area contributed by atoms with E-state index in [2.05, 4.69) is 5.92 Å². The molecular formula is C18H16O5S. The lowest BCUT2D eigenvalue weighted by Crippen LogP contribution is -2.17. The molecule has 5 nitrogen and oxygen atoms in total. The Balaban J connectivity index is 2.22. The molecule has 24 heavy (non-hydrogen) atoms. The van der Waals surface area contributed by atoms with E-state index in [0.717, 1.165) is 6.26 Å². The van der Waals surface area contributed by atoms with Gasteiger partial charge in [0.2, 0.25) is 0 Å². The summed E-state index contributed by atoms with van der Waals surface area (Å²) in [4.78, 5) is 24.2. The Morgan fingerprint density at radius 3 is 2.46 bits per heavy atom. The average molecular weight is 344 g/mol. The molecule has 124 valence electrons. The summed E-state index contributed by atoms with van der Waals surface area (Å²) in [5, 5.41) is 0. The van der Waals surface area contributed by atoms with Crippen molar-refractivity contribution in [3.8, 4) is 12.3 Å². The van der Waals surface area contributed by atoms with Crippen LogP contribution < -0.4 is 0 Å². The predicted octanol–water partition coefficient (Wildman–Crippen LogP) is 2.09. The summed E-state index contributed by atoms with van der Waals surface area (Å²) >= 11 is 0. The monoisotopic (exact) mass is 344 g/mol. The normalized spacial score (nSPS) is 17.9. The highest BCUT2D eigenvalue weighted by Crippen LogP contribution is 2.27. The average Bonchev–Trinajstić information content (AvgIpc) is 2.82. The summed E-state index contributed by atoms with van der Waals surface area (Å²) in [7, 11) is -3.32. The van der Waals surface area contributed by atoms with Gasteiger partial charge in [-0.05, 0) is 19.1 Å². The molecule has 0 amide bonds. The Morgan fingerprint density at radius 2 is 1.96 bits per heavy atom. The van der Waals surface area contributed by atoms with E-state index >= 15 is 0 Å². The minimum absolute atomic E-state index is 0.0607. The Labute approximate surface area is 140 Å². The number of carbonyl (C=O) groups excluding carboxylic acids is 2. The summed E-state index contributed by atoms with van der Waals surface area (Å²) in [6.45, 7) is 1.77. The van der Waals surface area contributed by atoms with Crippen LogP contribution >= 0.6 is 0 Å². The van der Waals surface area contributed by atoms with E-state index < -0.39 is 21.9 Å². The van der Waals surface area contributed by atoms with Crippen LogP contribution in [0.2, 0.25) is 0 Å². The van der Waals surface area contributed by atoms with Gasteiger partial charge in [0.05, 0.1) is 11.3 Å². The van der Waals surface area contributed by atoms with Gasteiger partial charge in [-0.3, -0.25) is 4.79 Å². The van der Waals surface area contributed by atoms with Gasteiger partial charge in [0.1, 0.15) is 11.7 Å². The number of hydrogen-bond acceptors (Lipinski definition) is 5. The minimum Gasteiger partial charge on any atom is -0.453 e. The standard InChI is InChI=1S/C18H16O5S/c1-4-6-15-14(5-2)18(20)23-17(15)11-16(19)12-7-9-13(10-8-12)24(3,21)22/h2,4,6-10,17H,11H2,1,3H3/b6-4-. The van der Waals surface area contributed by atoms with Gasteiger partial charge in [-0.25, -0.2) is 13.2 Å². The van der Waals surface area contributed by atoms with Gasteiger partial charge in [0, 0.05) is 17.4 Å². The number of allylic oxidation sites excluding steroid dienone is 1. The molecule has 0 aromatic heterocycles. The van der Waals surface area contributed by atoms with Gasteiger partial charge < -0.3 is 4.74 Å². The van der Waals surface area contributed by atoms with Crippen LogP contribution in [0.4, 0.5) is 0 Å². The Bertz CT molecular complexity index is 880. The Morgan fingerprint density at radius 1 is 1.33 bits per heavy atom. The molecule has 0 fully saturated rings. The van der Waals surface area contributed by atoms with Gasteiger partial charge in [-0.1, -0.05) is 30.2 Å². The third-order valence-electron chi connectivity index (χ3n) is 3.55. The molecule has 0 spiro atoms. The van der Waals surface area contributed by atoms with E-state index in [0.29, 0.717) is 11.1 Å². The zero-order valence-electron chi connectivity index (χ0n) is 13.3. The van der Waals surface area contributed by atoms with Gasteiger partial charge in [0.15, 0.2) is 15.6 Å². The van der Waals surface area contributed by atoms with Crippen LogP contribution in [-0.2, 0) is 19.4 Å². The number of terminal acetylenes is 1. The molecule has 1 unspecified atom stereocenters. The minimum atomic E-state index is -3.32. The molecule has 1 aliphatic rings. The summed E-state index contributed by atoms with van der Waals surface area (Å²) in [6, 6.07) is 5.63. The fraction of sp³-hybridized carbons (Fsp3) is 0.222. The maximum atomic E-state index is 12.4. The number of sulfone groups is 1. The summed E-state index contributed by atoms with van der Waals surface area (Å²) < 4.78 is 28.1. The number of ketones is 1. The van der Waals surface area contributed by atoms with Crippen molar-refractivity contribution in [2.24, 2.45) is 0 Å². The van der Waals surface area contributed by atoms with Crippen LogP contribution in [0.25, 0.3) is 0 Å². The van der Waals surface area contributed by atoms with Gasteiger partial charge >= 0.3 is 5.97 Å². The quantitative estimate of drug-likeness (QED) is 0.464. The van der Waals surface area contributed by atoms with Crippen molar-refractivity contribution in [2.75, 3.05) is 6.26 Å². The fourth-order valence-electron chi connectivity index (χ4n) is 2.37. The lowest BCUT2D eigenvalue weighted by molar-refractivity contribution is -0.139. The lowest BCUT2D eigenvalue weighted by Gasteiger charge is -2.11. The molecule has 6 heteroatoms. The van der Waals surface area contributed by atoms with E-state index in [-0.39, 0.29) is 22.7 Å². The van der Waals surface area contributed by atoms with E-state index in [1.54, 1.807) is 19.1 Å². The maximum absolute atomic E-state index is 12.4. The van der Waals surface area contributed by atoms with Crippen LogP contribution in [0.5, 0.6) is 0 Å². The molecule has 0 N–H and O–H groups in total. The van der Waals surface area contributed by atoms with Crippen LogP contribution in [0.15, 0.2) is 52.5 Å². The van der Waals surface area contributed by atoms with Crippen molar-refractivity contribution in [1.82, 2.24) is 0 Å². The molecule has 1 atom stereocenters. The van der Waals surface area contributed by atoms with Crippen molar-refractivity contribution >= 4 is 21.6 Å². The number of hydrogen-bond donors (Lipinski definition) is 0. The van der Waals surface area contributed by atoms with E-state index in [9.17, 15) is 18.0 Å². The lowest BCUT2D eigenvalue weighted by atomic mass is 9.98. The maximum Gasteiger partial charge on any atom is 0.347 e. The van der Waals surface area contributed by atoms with Crippen molar-refractivity contribution in [3.63, 3.8) is 0 Å². The van der Waals surface area contributed by atoms with Gasteiger partial charge in [-0.15, -0.1) is 6.42 Å². The van der Waals surface area contributed by atoms with E-state index in [1.165, 1.54) is 24.3 Å². The van der Waals surface area contributed by atoms with E-state index in [1.807, 2.05) is 0 Å². The second kappa shape index (κ2) is 6.85. The summed E-state index contributed by atoms with van der Waals surface area (Å²) in [5.41, 5.74) is 0.969. The first-order chi connectivity index (χ1) is 11.3. The first-order valence-corrected chi connectivity index (χ1v) is 9.05. The number of rotatable bonds is 5. The van der Waals surface area contributed by atoms with Crippen molar-refractivity contribution in [1.29, 1.82) is 0 Å². The fourth-order valence-corrected chi connectivity index (χ4v) is 3.00. The first kappa shape index (κ1) is 17.7. The molecule has 2 rings (SSSR count). The molecule has 1 aromatic carbocycles. The van der Waals surface area contributed by atoms with Crippen LogP contribution in [0.3, 0.4) is 0 Å². The molecule has 0 aliphatic carbocycles. The third-order valence-corrected chi connectivity index (χ3v) is 4.68. The highest BCUT2D eigenvalue weighted by atomic mass is 32.2. The second-order valence-electron chi connectivity index (χ2n) is 5.29. The SMILES string of the molecule is C#CC1=C(/C=C\C)C(CC(=O)c2ccc(S(C)(=O)=O)cc2)OC1=O. The molecule has 0 radical (unpaired) electrons.